The molecule has 0 spiro atoms. The van der Waals surface area contributed by atoms with Crippen LogP contribution >= 0.6 is 39.5 Å². The molecule has 7 heteroatoms. The maximum absolute atomic E-state index is 5.70. The van der Waals surface area contributed by atoms with Gasteiger partial charge in [-0.1, -0.05) is 12.1 Å². The van der Waals surface area contributed by atoms with Crippen LogP contribution in [-0.4, -0.2) is 17.2 Å². The normalized spacial score (nSPS) is 19.5. The molecule has 0 amide bonds. The van der Waals surface area contributed by atoms with E-state index in [1.807, 2.05) is 48.7 Å². The first kappa shape index (κ1) is 17.5. The number of aromatic nitrogens is 1. The van der Waals surface area contributed by atoms with Gasteiger partial charge in [0.25, 0.3) is 0 Å². The summed E-state index contributed by atoms with van der Waals surface area (Å²) in [6, 6.07) is 16.1. The Hall–Kier alpha value is -1.96. The molecule has 0 bridgehead atoms. The Kier molecular flexibility index (Phi) is 4.93. The molecular weight excluding hydrogens is 430 g/mol. The van der Waals surface area contributed by atoms with E-state index in [-0.39, 0.29) is 12.1 Å². The monoisotopic (exact) mass is 445 g/mol. The fraction of sp³-hybridized carbons (Fsp3) is 0.158. The number of hydrogen-bond donors (Lipinski definition) is 1. The lowest BCUT2D eigenvalue weighted by molar-refractivity contribution is 0.415. The Balaban J connectivity index is 1.82. The lowest BCUT2D eigenvalue weighted by Gasteiger charge is -2.27. The molecule has 0 unspecified atom stereocenters. The molecule has 3 heterocycles. The number of ether oxygens (including phenoxy) is 1. The summed E-state index contributed by atoms with van der Waals surface area (Å²) in [5, 5.41) is 6.24. The van der Waals surface area contributed by atoms with Crippen LogP contribution in [0.1, 0.15) is 22.7 Å². The van der Waals surface area contributed by atoms with E-state index in [1.165, 1.54) is 4.88 Å². The number of thiocarbonyl (C=S) groups is 1. The highest BCUT2D eigenvalue weighted by Gasteiger charge is 2.41. The molecule has 26 heavy (non-hydrogen) atoms. The third kappa shape index (κ3) is 3.22. The molecule has 0 saturated carbocycles. The van der Waals surface area contributed by atoms with Crippen molar-refractivity contribution in [1.29, 1.82) is 0 Å². The molecule has 1 saturated heterocycles. The number of benzene rings is 1. The second kappa shape index (κ2) is 7.34. The predicted octanol–water partition coefficient (Wildman–Crippen LogP) is 5.09. The standard InChI is InChI=1S/C19H16BrN3OS2/c1-24-14-6-4-5-13(10-14)23-18(16-9-12(20)11-26-16)17(22-19(23)25)15-7-2-3-8-21-15/h2-11,17-18H,1H3,(H,22,25)/t17-,18-/m0/s1. The zero-order valence-corrected chi connectivity index (χ0v) is 17.1. The van der Waals surface area contributed by atoms with Gasteiger partial charge >= 0.3 is 0 Å². The quantitative estimate of drug-likeness (QED) is 0.565. The summed E-state index contributed by atoms with van der Waals surface area (Å²) < 4.78 is 6.47. The maximum atomic E-state index is 5.70. The molecule has 4 nitrogen and oxygen atoms in total. The highest BCUT2D eigenvalue weighted by Crippen LogP contribution is 2.44. The number of pyridine rings is 1. The molecule has 1 N–H and O–H groups in total. The lowest BCUT2D eigenvalue weighted by atomic mass is 10.0. The van der Waals surface area contributed by atoms with Crippen molar-refractivity contribution in [3.05, 3.63) is 75.2 Å². The third-order valence-corrected chi connectivity index (χ3v) is 6.39. The molecule has 3 aromatic rings. The van der Waals surface area contributed by atoms with Crippen molar-refractivity contribution < 1.29 is 4.74 Å². The number of thiophene rings is 1. The lowest BCUT2D eigenvalue weighted by Crippen LogP contribution is -2.29. The van der Waals surface area contributed by atoms with Crippen LogP contribution in [0.2, 0.25) is 0 Å². The van der Waals surface area contributed by atoms with Crippen molar-refractivity contribution in [3.63, 3.8) is 0 Å². The van der Waals surface area contributed by atoms with E-state index < -0.39 is 0 Å². The van der Waals surface area contributed by atoms with Gasteiger partial charge in [-0.3, -0.25) is 4.98 Å². The summed E-state index contributed by atoms with van der Waals surface area (Å²) >= 11 is 11.0. The summed E-state index contributed by atoms with van der Waals surface area (Å²) in [5.41, 5.74) is 1.96. The van der Waals surface area contributed by atoms with E-state index in [0.29, 0.717) is 5.11 Å². The van der Waals surface area contributed by atoms with Crippen LogP contribution in [0.4, 0.5) is 5.69 Å². The highest BCUT2D eigenvalue weighted by atomic mass is 79.9. The molecule has 0 aliphatic carbocycles. The fourth-order valence-corrected chi connectivity index (χ4v) is 5.08. The van der Waals surface area contributed by atoms with Gasteiger partial charge in [-0.15, -0.1) is 11.3 Å². The minimum absolute atomic E-state index is 0.0146. The zero-order valence-electron chi connectivity index (χ0n) is 13.9. The van der Waals surface area contributed by atoms with Crippen molar-refractivity contribution in [2.75, 3.05) is 12.0 Å². The van der Waals surface area contributed by atoms with Crippen LogP contribution in [0.5, 0.6) is 5.75 Å². The molecule has 2 atom stereocenters. The Bertz CT molecular complexity index is 931. The minimum Gasteiger partial charge on any atom is -0.497 e. The van der Waals surface area contributed by atoms with Gasteiger partial charge in [-0.25, -0.2) is 0 Å². The second-order valence-corrected chi connectivity index (χ2v) is 8.11. The summed E-state index contributed by atoms with van der Waals surface area (Å²) in [6.45, 7) is 0. The predicted molar refractivity (Wildman–Crippen MR) is 113 cm³/mol. The molecular formula is C19H16BrN3OS2. The van der Waals surface area contributed by atoms with Gasteiger partial charge in [-0.05, 0) is 58.5 Å². The smallest absolute Gasteiger partial charge is 0.174 e. The first-order valence-electron chi connectivity index (χ1n) is 8.06. The topological polar surface area (TPSA) is 37.4 Å². The van der Waals surface area contributed by atoms with E-state index in [9.17, 15) is 0 Å². The van der Waals surface area contributed by atoms with Crippen LogP contribution < -0.4 is 15.0 Å². The summed E-state index contributed by atoms with van der Waals surface area (Å²) in [5.74, 6) is 0.803. The number of hydrogen-bond acceptors (Lipinski definition) is 4. The van der Waals surface area contributed by atoms with Gasteiger partial charge in [-0.2, -0.15) is 0 Å². The molecule has 0 radical (unpaired) electrons. The van der Waals surface area contributed by atoms with Gasteiger partial charge in [0.15, 0.2) is 5.11 Å². The highest BCUT2D eigenvalue weighted by molar-refractivity contribution is 9.10. The van der Waals surface area contributed by atoms with Crippen molar-refractivity contribution in [1.82, 2.24) is 10.3 Å². The maximum Gasteiger partial charge on any atom is 0.174 e. The SMILES string of the molecule is COc1cccc(N2C(=S)N[C@@H](c3ccccn3)[C@@H]2c2cc(Br)cs2)c1. The molecule has 4 rings (SSSR count). The Labute approximate surface area is 170 Å². The number of nitrogens with one attached hydrogen (secondary N) is 1. The van der Waals surface area contributed by atoms with Crippen molar-refractivity contribution in [2.45, 2.75) is 12.1 Å². The van der Waals surface area contributed by atoms with Crippen molar-refractivity contribution in [2.24, 2.45) is 0 Å². The largest absolute Gasteiger partial charge is 0.497 e. The van der Waals surface area contributed by atoms with Crippen LogP contribution in [0.3, 0.4) is 0 Å². The van der Waals surface area contributed by atoms with Crippen molar-refractivity contribution in [3.8, 4) is 5.75 Å². The number of halogens is 1. The molecule has 1 aliphatic rings. The van der Waals surface area contributed by atoms with Gasteiger partial charge < -0.3 is 15.0 Å². The fourth-order valence-electron chi connectivity index (χ4n) is 3.17. The number of anilines is 1. The van der Waals surface area contributed by atoms with E-state index >= 15 is 0 Å². The summed E-state index contributed by atoms with van der Waals surface area (Å²) in [4.78, 5) is 7.92. The minimum atomic E-state index is -0.0274. The Morgan fingerprint density at radius 2 is 2.12 bits per heavy atom. The van der Waals surface area contributed by atoms with Crippen LogP contribution in [0.15, 0.2) is 64.6 Å². The second-order valence-electron chi connectivity index (χ2n) is 5.87. The Morgan fingerprint density at radius 3 is 2.81 bits per heavy atom. The van der Waals surface area contributed by atoms with E-state index in [4.69, 9.17) is 17.0 Å². The van der Waals surface area contributed by atoms with Crippen LogP contribution in [0, 0.1) is 0 Å². The third-order valence-electron chi connectivity index (χ3n) is 4.31. The van der Waals surface area contributed by atoms with E-state index in [1.54, 1.807) is 18.4 Å². The van der Waals surface area contributed by atoms with E-state index in [0.717, 1.165) is 21.6 Å². The number of methoxy groups -OCH3 is 1. The van der Waals surface area contributed by atoms with Crippen molar-refractivity contribution >= 4 is 50.3 Å². The zero-order chi connectivity index (χ0) is 18.1. The molecule has 1 fully saturated rings. The van der Waals surface area contributed by atoms with Gasteiger partial charge in [0.1, 0.15) is 5.75 Å². The Morgan fingerprint density at radius 1 is 1.23 bits per heavy atom. The molecule has 1 aliphatic heterocycles. The van der Waals surface area contributed by atoms with Gasteiger partial charge in [0.05, 0.1) is 24.9 Å². The number of rotatable bonds is 4. The first-order chi connectivity index (χ1) is 12.7. The van der Waals surface area contributed by atoms with Gasteiger partial charge in [0.2, 0.25) is 0 Å². The summed E-state index contributed by atoms with van der Waals surface area (Å²) in [6.07, 6.45) is 1.82. The first-order valence-corrected chi connectivity index (χ1v) is 10.1. The number of nitrogens with zero attached hydrogens (tertiary/aromatic N) is 2. The molecule has 132 valence electrons. The van der Waals surface area contributed by atoms with Crippen LogP contribution in [-0.2, 0) is 0 Å². The molecule has 2 aromatic heterocycles. The van der Waals surface area contributed by atoms with E-state index in [2.05, 4.69) is 42.6 Å². The molecule has 1 aromatic carbocycles. The van der Waals surface area contributed by atoms with Gasteiger partial charge in [0, 0.05) is 32.7 Å². The summed E-state index contributed by atoms with van der Waals surface area (Å²) in [7, 11) is 1.67. The van der Waals surface area contributed by atoms with Crippen LogP contribution in [0.25, 0.3) is 0 Å². The average Bonchev–Trinajstić information content (AvgIpc) is 3.25. The average molecular weight is 446 g/mol.